The quantitative estimate of drug-likeness (QED) is 0.854. The molecule has 2 nitrogen and oxygen atoms in total. The van der Waals surface area contributed by atoms with E-state index >= 15 is 0 Å². The minimum absolute atomic E-state index is 0.118. The fraction of sp³-hybridized carbons (Fsp3) is 0.500. The maximum atomic E-state index is 8.88. The Morgan fingerprint density at radius 1 is 1.27 bits per heavy atom. The second kappa shape index (κ2) is 4.52. The highest BCUT2D eigenvalue weighted by Gasteiger charge is 2.39. The van der Waals surface area contributed by atoms with Crippen molar-refractivity contribution in [1.29, 1.82) is 0 Å². The van der Waals surface area contributed by atoms with Crippen molar-refractivity contribution >= 4 is 11.6 Å². The summed E-state index contributed by atoms with van der Waals surface area (Å²) in [6.45, 7) is 1.76. The van der Waals surface area contributed by atoms with Gasteiger partial charge in [-0.25, -0.2) is 0 Å². The smallest absolute Gasteiger partial charge is 0.0585 e. The predicted octanol–water partition coefficient (Wildman–Crippen LogP) is 2.38. The molecule has 0 saturated carbocycles. The number of hydrogen-bond acceptors (Lipinski definition) is 2. The fourth-order valence-electron chi connectivity index (χ4n) is 2.02. The van der Waals surface area contributed by atoms with Crippen molar-refractivity contribution in [1.82, 2.24) is 0 Å². The first-order chi connectivity index (χ1) is 7.27. The van der Waals surface area contributed by atoms with Gasteiger partial charge in [-0.15, -0.1) is 0 Å². The van der Waals surface area contributed by atoms with E-state index in [1.807, 2.05) is 12.1 Å². The molecule has 0 unspecified atom stereocenters. The molecule has 0 radical (unpaired) electrons. The molecule has 0 aromatic heterocycles. The van der Waals surface area contributed by atoms with Crippen LogP contribution in [-0.4, -0.2) is 24.9 Å². The molecule has 1 fully saturated rings. The van der Waals surface area contributed by atoms with E-state index in [-0.39, 0.29) is 12.0 Å². The summed E-state index contributed by atoms with van der Waals surface area (Å²) >= 11 is 5.86. The molecule has 1 aromatic carbocycles. The summed E-state index contributed by atoms with van der Waals surface area (Å²) in [7, 11) is 0. The van der Waals surface area contributed by atoms with Crippen molar-refractivity contribution in [3.8, 4) is 0 Å². The number of hydrogen-bond donors (Lipinski definition) is 1. The molecule has 0 atom stereocenters. The Morgan fingerprint density at radius 2 is 1.93 bits per heavy atom. The molecular formula is C12H15ClO2. The SMILES string of the molecule is OCCCC1(c2ccc(Cl)cc2)COC1. The van der Waals surface area contributed by atoms with Gasteiger partial charge in [0.15, 0.2) is 0 Å². The highest BCUT2D eigenvalue weighted by atomic mass is 35.5. The van der Waals surface area contributed by atoms with Gasteiger partial charge in [0.1, 0.15) is 0 Å². The maximum absolute atomic E-state index is 8.88. The van der Waals surface area contributed by atoms with Gasteiger partial charge in [0.05, 0.1) is 13.2 Å². The van der Waals surface area contributed by atoms with E-state index in [1.54, 1.807) is 0 Å². The summed E-state index contributed by atoms with van der Waals surface area (Å²) in [6.07, 6.45) is 1.80. The second-order valence-corrected chi connectivity index (χ2v) is 4.54. The fourth-order valence-corrected chi connectivity index (χ4v) is 2.15. The average Bonchev–Trinajstić information content (AvgIpc) is 2.19. The summed E-state index contributed by atoms with van der Waals surface area (Å²) in [5.74, 6) is 0. The molecule has 0 spiro atoms. The number of aliphatic hydroxyl groups is 1. The topological polar surface area (TPSA) is 29.5 Å². The van der Waals surface area contributed by atoms with Gasteiger partial charge in [-0.05, 0) is 30.5 Å². The van der Waals surface area contributed by atoms with Crippen LogP contribution in [0.25, 0.3) is 0 Å². The molecule has 0 amide bonds. The Labute approximate surface area is 94.8 Å². The Bertz CT molecular complexity index is 317. The predicted molar refractivity (Wildman–Crippen MR) is 60.3 cm³/mol. The normalized spacial score (nSPS) is 18.5. The van der Waals surface area contributed by atoms with Crippen LogP contribution in [0.4, 0.5) is 0 Å². The number of benzene rings is 1. The van der Waals surface area contributed by atoms with Gasteiger partial charge in [0.25, 0.3) is 0 Å². The van der Waals surface area contributed by atoms with E-state index in [0.29, 0.717) is 0 Å². The number of ether oxygens (including phenoxy) is 1. The van der Waals surface area contributed by atoms with Gasteiger partial charge in [-0.2, -0.15) is 0 Å². The van der Waals surface area contributed by atoms with Crippen LogP contribution in [0.3, 0.4) is 0 Å². The van der Waals surface area contributed by atoms with Crippen molar-refractivity contribution in [2.45, 2.75) is 18.3 Å². The molecule has 1 aromatic rings. The summed E-state index contributed by atoms with van der Waals surface area (Å²) in [6, 6.07) is 7.94. The summed E-state index contributed by atoms with van der Waals surface area (Å²) in [5.41, 5.74) is 1.39. The Morgan fingerprint density at radius 3 is 2.40 bits per heavy atom. The lowest BCUT2D eigenvalue weighted by Crippen LogP contribution is -2.46. The molecular weight excluding hydrogens is 212 g/mol. The van der Waals surface area contributed by atoms with Crippen molar-refractivity contribution in [3.63, 3.8) is 0 Å². The van der Waals surface area contributed by atoms with E-state index in [4.69, 9.17) is 21.4 Å². The zero-order valence-electron chi connectivity index (χ0n) is 8.58. The Hall–Kier alpha value is -0.570. The lowest BCUT2D eigenvalue weighted by atomic mass is 9.75. The maximum Gasteiger partial charge on any atom is 0.0585 e. The van der Waals surface area contributed by atoms with Crippen LogP contribution in [-0.2, 0) is 10.2 Å². The molecule has 1 N–H and O–H groups in total. The monoisotopic (exact) mass is 226 g/mol. The highest BCUT2D eigenvalue weighted by molar-refractivity contribution is 6.30. The zero-order valence-corrected chi connectivity index (χ0v) is 9.33. The lowest BCUT2D eigenvalue weighted by Gasteiger charge is -2.42. The second-order valence-electron chi connectivity index (χ2n) is 4.11. The van der Waals surface area contributed by atoms with Gasteiger partial charge >= 0.3 is 0 Å². The molecule has 82 valence electrons. The highest BCUT2D eigenvalue weighted by Crippen LogP contribution is 2.37. The standard InChI is InChI=1S/C12H15ClO2/c13-11-4-2-10(3-5-11)12(6-1-7-14)8-15-9-12/h2-5,14H,1,6-9H2. The molecule has 1 saturated heterocycles. The Balaban J connectivity index is 2.14. The van der Waals surface area contributed by atoms with Crippen LogP contribution >= 0.6 is 11.6 Å². The Kier molecular flexibility index (Phi) is 3.29. The van der Waals surface area contributed by atoms with E-state index in [9.17, 15) is 0 Å². The van der Waals surface area contributed by atoms with Crippen LogP contribution in [0.1, 0.15) is 18.4 Å². The molecule has 15 heavy (non-hydrogen) atoms. The summed E-state index contributed by atoms with van der Waals surface area (Å²) in [4.78, 5) is 0. The van der Waals surface area contributed by atoms with Gasteiger partial charge in [-0.1, -0.05) is 23.7 Å². The molecule has 3 heteroatoms. The van der Waals surface area contributed by atoms with Crippen LogP contribution in [0, 0.1) is 0 Å². The van der Waals surface area contributed by atoms with Crippen molar-refractivity contribution < 1.29 is 9.84 Å². The van der Waals surface area contributed by atoms with Crippen molar-refractivity contribution in [2.24, 2.45) is 0 Å². The van der Waals surface area contributed by atoms with Crippen LogP contribution in [0.5, 0.6) is 0 Å². The largest absolute Gasteiger partial charge is 0.396 e. The van der Waals surface area contributed by atoms with E-state index in [2.05, 4.69) is 12.1 Å². The van der Waals surface area contributed by atoms with Crippen molar-refractivity contribution in [2.75, 3.05) is 19.8 Å². The van der Waals surface area contributed by atoms with Crippen LogP contribution < -0.4 is 0 Å². The lowest BCUT2D eigenvalue weighted by molar-refractivity contribution is -0.0665. The van der Waals surface area contributed by atoms with E-state index in [0.717, 1.165) is 31.1 Å². The van der Waals surface area contributed by atoms with Gasteiger partial charge in [-0.3, -0.25) is 0 Å². The number of aliphatic hydroxyl groups excluding tert-OH is 1. The molecule has 2 rings (SSSR count). The van der Waals surface area contributed by atoms with Crippen molar-refractivity contribution in [3.05, 3.63) is 34.9 Å². The molecule has 0 aliphatic carbocycles. The molecule has 0 bridgehead atoms. The summed E-state index contributed by atoms with van der Waals surface area (Å²) < 4.78 is 5.31. The van der Waals surface area contributed by atoms with Gasteiger partial charge in [0, 0.05) is 17.0 Å². The van der Waals surface area contributed by atoms with Crippen LogP contribution in [0.15, 0.2) is 24.3 Å². The third-order valence-electron chi connectivity index (χ3n) is 3.03. The number of halogens is 1. The minimum atomic E-state index is 0.118. The average molecular weight is 227 g/mol. The zero-order chi connectivity index (χ0) is 10.7. The van der Waals surface area contributed by atoms with E-state index < -0.39 is 0 Å². The number of rotatable bonds is 4. The third-order valence-corrected chi connectivity index (χ3v) is 3.28. The first-order valence-corrected chi connectivity index (χ1v) is 5.59. The first kappa shape index (κ1) is 10.9. The molecule has 1 aliphatic heterocycles. The third kappa shape index (κ3) is 2.17. The van der Waals surface area contributed by atoms with Crippen LogP contribution in [0.2, 0.25) is 5.02 Å². The minimum Gasteiger partial charge on any atom is -0.396 e. The molecule has 1 aliphatic rings. The van der Waals surface area contributed by atoms with E-state index in [1.165, 1.54) is 5.56 Å². The molecule has 1 heterocycles. The van der Waals surface area contributed by atoms with Gasteiger partial charge in [0.2, 0.25) is 0 Å². The van der Waals surface area contributed by atoms with Gasteiger partial charge < -0.3 is 9.84 Å². The summed E-state index contributed by atoms with van der Waals surface area (Å²) in [5, 5.41) is 9.64. The first-order valence-electron chi connectivity index (χ1n) is 5.21.